The smallest absolute Gasteiger partial charge is 0.269 e. The zero-order chi connectivity index (χ0) is 17.2. The third-order valence-corrected chi connectivity index (χ3v) is 6.20. The Morgan fingerprint density at radius 1 is 1.24 bits per heavy atom. The molecule has 1 aliphatic heterocycles. The number of aromatic amines is 1. The molecule has 4 nitrogen and oxygen atoms in total. The summed E-state index contributed by atoms with van der Waals surface area (Å²) in [6.45, 7) is 0.436. The Morgan fingerprint density at radius 2 is 2.08 bits per heavy atom. The topological polar surface area (TPSA) is 57.8 Å². The Kier molecular flexibility index (Phi) is 4.34. The molecule has 1 amide bonds. The van der Waals surface area contributed by atoms with Gasteiger partial charge in [-0.1, -0.05) is 29.8 Å². The van der Waals surface area contributed by atoms with Gasteiger partial charge in [0.05, 0.1) is 0 Å². The van der Waals surface area contributed by atoms with Crippen molar-refractivity contribution in [2.24, 2.45) is 0 Å². The van der Waals surface area contributed by atoms with Gasteiger partial charge in [-0.3, -0.25) is 9.78 Å². The number of hydrogen-bond acceptors (Lipinski definition) is 2. The molecule has 4 rings (SSSR count). The molecular weight excluding hydrogens is 354 g/mol. The summed E-state index contributed by atoms with van der Waals surface area (Å²) in [6, 6.07) is 9.46. The van der Waals surface area contributed by atoms with Gasteiger partial charge in [-0.05, 0) is 40.6 Å². The van der Waals surface area contributed by atoms with Gasteiger partial charge in [0.1, 0.15) is 5.69 Å². The Balaban J connectivity index is 1.70. The van der Waals surface area contributed by atoms with Crippen LogP contribution in [0.5, 0.6) is 0 Å². The number of pyridine rings is 1. The molecular formula is C19H16ClN3OS. The number of amides is 1. The molecule has 0 saturated heterocycles. The number of nitrogens with one attached hydrogen (secondary N) is 2. The van der Waals surface area contributed by atoms with Crippen LogP contribution in [0.4, 0.5) is 0 Å². The predicted octanol–water partition coefficient (Wildman–Crippen LogP) is 4.55. The molecule has 2 aromatic heterocycles. The summed E-state index contributed by atoms with van der Waals surface area (Å²) in [6.07, 6.45) is 7.50. The molecule has 0 saturated carbocycles. The summed E-state index contributed by atoms with van der Waals surface area (Å²) in [4.78, 5) is 21.2. The van der Waals surface area contributed by atoms with E-state index in [-0.39, 0.29) is 5.91 Å². The van der Waals surface area contributed by atoms with Crippen molar-refractivity contribution < 1.29 is 4.79 Å². The number of hydrogen-bond donors (Lipinski definition) is 3. The van der Waals surface area contributed by atoms with E-state index in [2.05, 4.69) is 26.1 Å². The van der Waals surface area contributed by atoms with E-state index in [9.17, 15) is 4.79 Å². The highest BCUT2D eigenvalue weighted by Crippen LogP contribution is 2.48. The van der Waals surface area contributed by atoms with Crippen molar-refractivity contribution >= 4 is 39.3 Å². The highest BCUT2D eigenvalue weighted by atomic mass is 35.5. The number of thiol groups is 1. The second-order valence-electron chi connectivity index (χ2n) is 5.67. The minimum atomic E-state index is -0.658. The number of carbonyl (C=O) groups excluding carboxylic acids is 1. The first-order valence-corrected chi connectivity index (χ1v) is 9.70. The molecule has 3 aromatic rings. The zero-order valence-electron chi connectivity index (χ0n) is 13.2. The summed E-state index contributed by atoms with van der Waals surface area (Å²) in [5.41, 5.74) is 2.48. The summed E-state index contributed by atoms with van der Waals surface area (Å²) >= 11 is 6.18. The van der Waals surface area contributed by atoms with Gasteiger partial charge < -0.3 is 10.3 Å². The van der Waals surface area contributed by atoms with Crippen LogP contribution in [0.3, 0.4) is 0 Å². The normalized spacial score (nSPS) is 14.4. The monoisotopic (exact) mass is 369 g/mol. The number of aromatic nitrogens is 2. The molecule has 1 aliphatic rings. The molecule has 1 aromatic carbocycles. The second-order valence-corrected chi connectivity index (χ2v) is 7.97. The molecule has 0 atom stereocenters. The van der Waals surface area contributed by atoms with E-state index in [4.69, 9.17) is 11.6 Å². The van der Waals surface area contributed by atoms with Crippen LogP contribution in [-0.2, 0) is 6.54 Å². The van der Waals surface area contributed by atoms with Crippen LogP contribution >= 0.6 is 22.5 Å². The van der Waals surface area contributed by atoms with E-state index >= 15 is 0 Å². The van der Waals surface area contributed by atoms with Crippen molar-refractivity contribution in [3.8, 4) is 0 Å². The average molecular weight is 370 g/mol. The Morgan fingerprint density at radius 3 is 2.84 bits per heavy atom. The summed E-state index contributed by atoms with van der Waals surface area (Å²) in [5, 5.41) is 8.91. The van der Waals surface area contributed by atoms with Gasteiger partial charge >= 0.3 is 0 Å². The lowest BCUT2D eigenvalue weighted by atomic mass is 10.2. The maximum absolute atomic E-state index is 12.8. The lowest BCUT2D eigenvalue weighted by molar-refractivity contribution is 0.0944. The minimum Gasteiger partial charge on any atom is -0.350 e. The second kappa shape index (κ2) is 6.78. The van der Waals surface area contributed by atoms with Gasteiger partial charge in [-0.15, -0.1) is 0 Å². The number of allylic oxidation sites excluding steroid dienone is 2. The van der Waals surface area contributed by atoms with Crippen LogP contribution in [0.15, 0.2) is 70.6 Å². The number of H-pyrrole nitrogens is 1. The van der Waals surface area contributed by atoms with Gasteiger partial charge in [-0.2, -0.15) is 10.9 Å². The van der Waals surface area contributed by atoms with Gasteiger partial charge in [0, 0.05) is 39.8 Å². The Labute approximate surface area is 153 Å². The highest BCUT2D eigenvalue weighted by Gasteiger charge is 2.21. The van der Waals surface area contributed by atoms with Crippen molar-refractivity contribution in [3.05, 3.63) is 82.0 Å². The number of fused-ring (bicyclic) bond motifs is 1. The molecule has 0 unspecified atom stereocenters. The molecule has 0 fully saturated rings. The van der Waals surface area contributed by atoms with Gasteiger partial charge in [-0.25, -0.2) is 0 Å². The van der Waals surface area contributed by atoms with Crippen molar-refractivity contribution in [2.75, 3.05) is 0 Å². The van der Waals surface area contributed by atoms with E-state index in [1.165, 1.54) is 0 Å². The van der Waals surface area contributed by atoms with Crippen molar-refractivity contribution in [3.63, 3.8) is 0 Å². The SMILES string of the molecule is O=C(NCc1cccnc1)c1[nH]c2ccc(Cl)cc2c1[SH]1C=CC=C1. The molecule has 6 heteroatoms. The first kappa shape index (κ1) is 16.0. The molecule has 3 heterocycles. The number of carbonyl (C=O) groups is 1. The number of rotatable bonds is 4. The van der Waals surface area contributed by atoms with E-state index < -0.39 is 10.9 Å². The van der Waals surface area contributed by atoms with Crippen molar-refractivity contribution in [2.45, 2.75) is 11.4 Å². The predicted molar refractivity (Wildman–Crippen MR) is 104 cm³/mol. The van der Waals surface area contributed by atoms with E-state index in [0.29, 0.717) is 17.3 Å². The third-order valence-electron chi connectivity index (χ3n) is 4.00. The molecule has 0 bridgehead atoms. The van der Waals surface area contributed by atoms with Crippen LogP contribution in [0.1, 0.15) is 16.1 Å². The van der Waals surface area contributed by atoms with Crippen molar-refractivity contribution in [1.82, 2.24) is 15.3 Å². The standard InChI is InChI=1S/C19H16ClN3OS/c20-14-5-6-16-15(10-14)18(25-8-1-2-9-25)17(23-16)19(24)22-12-13-4-3-7-21-11-13/h1-11,23,25H,12H2,(H,22,24). The number of benzene rings is 1. The van der Waals surface area contributed by atoms with E-state index in [0.717, 1.165) is 21.4 Å². The van der Waals surface area contributed by atoms with Gasteiger partial charge in [0.15, 0.2) is 0 Å². The highest BCUT2D eigenvalue weighted by molar-refractivity contribution is 8.22. The van der Waals surface area contributed by atoms with Crippen LogP contribution in [0, 0.1) is 0 Å². The van der Waals surface area contributed by atoms with Gasteiger partial charge in [0.2, 0.25) is 0 Å². The zero-order valence-corrected chi connectivity index (χ0v) is 14.9. The fourth-order valence-electron chi connectivity index (χ4n) is 2.84. The van der Waals surface area contributed by atoms with E-state index in [1.54, 1.807) is 12.4 Å². The Bertz CT molecular complexity index is 983. The molecule has 0 radical (unpaired) electrons. The molecule has 0 aliphatic carbocycles. The molecule has 25 heavy (non-hydrogen) atoms. The maximum atomic E-state index is 12.8. The number of halogens is 1. The third kappa shape index (κ3) is 3.21. The lowest BCUT2D eigenvalue weighted by Gasteiger charge is -2.13. The van der Waals surface area contributed by atoms with Crippen LogP contribution in [0.2, 0.25) is 5.02 Å². The minimum absolute atomic E-state index is 0.123. The fourth-order valence-corrected chi connectivity index (χ4v) is 4.86. The Hall–Kier alpha value is -2.50. The first-order chi connectivity index (χ1) is 12.2. The first-order valence-electron chi connectivity index (χ1n) is 7.84. The summed E-state index contributed by atoms with van der Waals surface area (Å²) < 4.78 is 0. The lowest BCUT2D eigenvalue weighted by Crippen LogP contribution is -2.23. The molecule has 2 N–H and O–H groups in total. The van der Waals surface area contributed by atoms with Crippen molar-refractivity contribution in [1.29, 1.82) is 0 Å². The van der Waals surface area contributed by atoms with E-state index in [1.807, 2.05) is 42.5 Å². The van der Waals surface area contributed by atoms with Crippen LogP contribution in [0.25, 0.3) is 10.9 Å². The fraction of sp³-hybridized carbons (Fsp3) is 0.0526. The molecule has 126 valence electrons. The average Bonchev–Trinajstić information content (AvgIpc) is 3.27. The number of nitrogens with zero attached hydrogens (tertiary/aromatic N) is 1. The molecule has 0 spiro atoms. The quantitative estimate of drug-likeness (QED) is 0.591. The van der Waals surface area contributed by atoms with Gasteiger partial charge in [0.25, 0.3) is 5.91 Å². The summed E-state index contributed by atoms with van der Waals surface area (Å²) in [7, 11) is -0.658. The summed E-state index contributed by atoms with van der Waals surface area (Å²) in [5.74, 6) is -0.123. The largest absolute Gasteiger partial charge is 0.350 e. The maximum Gasteiger partial charge on any atom is 0.269 e. The van der Waals surface area contributed by atoms with Crippen LogP contribution < -0.4 is 5.32 Å². The van der Waals surface area contributed by atoms with Crippen LogP contribution in [-0.4, -0.2) is 15.9 Å².